The number of aliphatic carboxylic acids is 1. The van der Waals surface area contributed by atoms with Crippen LogP contribution in [0, 0.1) is 5.82 Å². The molecule has 1 rings (SSSR count). The fraction of sp³-hybridized carbons (Fsp3) is 0.364. The maximum Gasteiger partial charge on any atom is 0.419 e. The van der Waals surface area contributed by atoms with Gasteiger partial charge in [0.05, 0.1) is 5.56 Å². The Morgan fingerprint density at radius 1 is 1.29 bits per heavy atom. The van der Waals surface area contributed by atoms with E-state index in [9.17, 15) is 22.4 Å². The number of aryl methyl sites for hydroxylation is 1. The van der Waals surface area contributed by atoms with Crippen LogP contribution in [0.5, 0.6) is 0 Å². The Bertz CT molecular complexity index is 412. The summed E-state index contributed by atoms with van der Waals surface area (Å²) >= 11 is 0. The van der Waals surface area contributed by atoms with Crippen molar-refractivity contribution in [2.45, 2.75) is 25.4 Å². The van der Waals surface area contributed by atoms with Crippen LogP contribution >= 0.6 is 0 Å². The Morgan fingerprint density at radius 3 is 2.47 bits per heavy atom. The minimum Gasteiger partial charge on any atom is -0.481 e. The van der Waals surface area contributed by atoms with E-state index in [1.54, 1.807) is 0 Å². The zero-order valence-electron chi connectivity index (χ0n) is 8.72. The molecule has 0 saturated carbocycles. The Labute approximate surface area is 94.9 Å². The maximum atomic E-state index is 13.1. The summed E-state index contributed by atoms with van der Waals surface area (Å²) in [6.07, 6.45) is -5.07. The Hall–Kier alpha value is -1.59. The second-order valence-corrected chi connectivity index (χ2v) is 3.52. The molecule has 0 amide bonds. The molecule has 0 saturated heterocycles. The van der Waals surface area contributed by atoms with Gasteiger partial charge in [-0.3, -0.25) is 4.79 Å². The standard InChI is InChI=1S/C11H10F4O2/c12-8-5-1-3-7(4-2-6-9(16)17)10(8)11(13,14)15/h1,3,5H,2,4,6H2,(H,16,17). The molecular formula is C11H10F4O2. The number of carboxylic acids is 1. The molecule has 0 bridgehead atoms. The Balaban J connectivity index is 2.92. The molecule has 2 nitrogen and oxygen atoms in total. The van der Waals surface area contributed by atoms with Gasteiger partial charge in [-0.2, -0.15) is 13.2 Å². The monoisotopic (exact) mass is 250 g/mol. The van der Waals surface area contributed by atoms with Crippen LogP contribution in [0.1, 0.15) is 24.0 Å². The summed E-state index contributed by atoms with van der Waals surface area (Å²) in [5, 5.41) is 8.38. The lowest BCUT2D eigenvalue weighted by Gasteiger charge is -2.13. The normalized spacial score (nSPS) is 11.5. The summed E-state index contributed by atoms with van der Waals surface area (Å²) in [6.45, 7) is 0. The van der Waals surface area contributed by atoms with Gasteiger partial charge in [0.15, 0.2) is 0 Å². The van der Waals surface area contributed by atoms with Crippen LogP contribution in [0.4, 0.5) is 17.6 Å². The van der Waals surface area contributed by atoms with E-state index >= 15 is 0 Å². The molecule has 1 N–H and O–H groups in total. The highest BCUT2D eigenvalue weighted by Gasteiger charge is 2.36. The summed E-state index contributed by atoms with van der Waals surface area (Å²) < 4.78 is 50.7. The number of carbonyl (C=O) groups is 1. The number of hydrogen-bond donors (Lipinski definition) is 1. The molecule has 6 heteroatoms. The minimum atomic E-state index is -4.76. The van der Waals surface area contributed by atoms with Gasteiger partial charge < -0.3 is 5.11 Å². The lowest BCUT2D eigenvalue weighted by molar-refractivity contribution is -0.140. The van der Waals surface area contributed by atoms with Crippen molar-refractivity contribution in [3.63, 3.8) is 0 Å². The topological polar surface area (TPSA) is 37.3 Å². The molecule has 0 unspecified atom stereocenters. The van der Waals surface area contributed by atoms with E-state index in [-0.39, 0.29) is 24.8 Å². The predicted octanol–water partition coefficient (Wildman–Crippen LogP) is 3.25. The van der Waals surface area contributed by atoms with Gasteiger partial charge >= 0.3 is 12.1 Å². The average molecular weight is 250 g/mol. The third kappa shape index (κ3) is 3.72. The van der Waals surface area contributed by atoms with E-state index in [0.29, 0.717) is 0 Å². The van der Waals surface area contributed by atoms with Crippen LogP contribution in [0.3, 0.4) is 0 Å². The first-order valence-corrected chi connectivity index (χ1v) is 4.88. The van der Waals surface area contributed by atoms with Crippen LogP contribution in [-0.4, -0.2) is 11.1 Å². The second kappa shape index (κ2) is 5.16. The van der Waals surface area contributed by atoms with Crippen LogP contribution in [0.2, 0.25) is 0 Å². The maximum absolute atomic E-state index is 13.1. The van der Waals surface area contributed by atoms with E-state index in [2.05, 4.69) is 0 Å². The van der Waals surface area contributed by atoms with Gasteiger partial charge in [0.1, 0.15) is 5.82 Å². The Kier molecular flexibility index (Phi) is 4.09. The third-order valence-electron chi connectivity index (χ3n) is 2.22. The molecule has 0 aliphatic carbocycles. The molecule has 0 aliphatic rings. The molecule has 0 spiro atoms. The third-order valence-corrected chi connectivity index (χ3v) is 2.22. The number of carboxylic acid groups (broad SMARTS) is 1. The van der Waals surface area contributed by atoms with Crippen LogP contribution in [0.15, 0.2) is 18.2 Å². The summed E-state index contributed by atoms with van der Waals surface area (Å²) in [7, 11) is 0. The van der Waals surface area contributed by atoms with E-state index in [4.69, 9.17) is 5.11 Å². The minimum absolute atomic E-state index is 0.0435. The van der Waals surface area contributed by atoms with E-state index in [1.807, 2.05) is 0 Å². The van der Waals surface area contributed by atoms with Gasteiger partial charge in [0.2, 0.25) is 0 Å². The average Bonchev–Trinajstić information content (AvgIpc) is 2.14. The fourth-order valence-electron chi connectivity index (χ4n) is 1.52. The van der Waals surface area contributed by atoms with Gasteiger partial charge in [-0.1, -0.05) is 12.1 Å². The van der Waals surface area contributed by atoms with Crippen molar-refractivity contribution in [1.82, 2.24) is 0 Å². The van der Waals surface area contributed by atoms with Crippen molar-refractivity contribution >= 4 is 5.97 Å². The summed E-state index contributed by atoms with van der Waals surface area (Å²) in [5.41, 5.74) is -1.51. The number of benzene rings is 1. The molecule has 0 fully saturated rings. The number of rotatable bonds is 4. The van der Waals surface area contributed by atoms with Crippen molar-refractivity contribution in [2.24, 2.45) is 0 Å². The SMILES string of the molecule is O=C(O)CCCc1cccc(F)c1C(F)(F)F. The summed E-state index contributed by atoms with van der Waals surface area (Å²) in [5.74, 6) is -2.42. The van der Waals surface area contributed by atoms with Crippen molar-refractivity contribution in [3.8, 4) is 0 Å². The molecular weight excluding hydrogens is 240 g/mol. The highest BCUT2D eigenvalue weighted by molar-refractivity contribution is 5.66. The van der Waals surface area contributed by atoms with Crippen molar-refractivity contribution in [1.29, 1.82) is 0 Å². The zero-order valence-corrected chi connectivity index (χ0v) is 8.72. The molecule has 0 aliphatic heterocycles. The van der Waals surface area contributed by atoms with Crippen molar-refractivity contribution in [3.05, 3.63) is 35.1 Å². The lowest BCUT2D eigenvalue weighted by atomic mass is 10.0. The van der Waals surface area contributed by atoms with Gasteiger partial charge in [0.25, 0.3) is 0 Å². The second-order valence-electron chi connectivity index (χ2n) is 3.52. The largest absolute Gasteiger partial charge is 0.481 e. The van der Waals surface area contributed by atoms with Crippen LogP contribution < -0.4 is 0 Å². The van der Waals surface area contributed by atoms with Gasteiger partial charge in [-0.05, 0) is 24.5 Å². The van der Waals surface area contributed by atoms with Crippen LogP contribution in [0.25, 0.3) is 0 Å². The van der Waals surface area contributed by atoms with E-state index in [0.717, 1.165) is 12.1 Å². The number of halogens is 4. The predicted molar refractivity (Wildman–Crippen MR) is 52.0 cm³/mol. The molecule has 0 radical (unpaired) electrons. The smallest absolute Gasteiger partial charge is 0.419 e. The highest BCUT2D eigenvalue weighted by Crippen LogP contribution is 2.34. The molecule has 0 atom stereocenters. The van der Waals surface area contributed by atoms with Gasteiger partial charge in [-0.15, -0.1) is 0 Å². The molecule has 17 heavy (non-hydrogen) atoms. The molecule has 1 aromatic carbocycles. The summed E-state index contributed by atoms with van der Waals surface area (Å²) in [4.78, 5) is 10.2. The van der Waals surface area contributed by atoms with E-state index in [1.165, 1.54) is 6.07 Å². The molecule has 0 aromatic heterocycles. The Morgan fingerprint density at radius 2 is 1.94 bits per heavy atom. The number of alkyl halides is 3. The van der Waals surface area contributed by atoms with Crippen molar-refractivity contribution < 1.29 is 27.5 Å². The quantitative estimate of drug-likeness (QED) is 0.833. The zero-order chi connectivity index (χ0) is 13.1. The first kappa shape index (κ1) is 13.5. The van der Waals surface area contributed by atoms with E-state index < -0.39 is 23.5 Å². The van der Waals surface area contributed by atoms with Gasteiger partial charge in [0, 0.05) is 6.42 Å². The fourth-order valence-corrected chi connectivity index (χ4v) is 1.52. The molecule has 1 aromatic rings. The number of hydrogen-bond acceptors (Lipinski definition) is 1. The summed E-state index contributed by atoms with van der Waals surface area (Å²) in [6, 6.07) is 3.08. The first-order chi connectivity index (χ1) is 7.82. The lowest BCUT2D eigenvalue weighted by Crippen LogP contribution is -2.12. The van der Waals surface area contributed by atoms with Gasteiger partial charge in [-0.25, -0.2) is 4.39 Å². The highest BCUT2D eigenvalue weighted by atomic mass is 19.4. The first-order valence-electron chi connectivity index (χ1n) is 4.88. The van der Waals surface area contributed by atoms with Crippen molar-refractivity contribution in [2.75, 3.05) is 0 Å². The molecule has 0 heterocycles. The van der Waals surface area contributed by atoms with Crippen LogP contribution in [-0.2, 0) is 17.4 Å². The molecule has 94 valence electrons.